The first-order valence-electron chi connectivity index (χ1n) is 18.1. The quantitative estimate of drug-likeness (QED) is 0.0890. The van der Waals surface area contributed by atoms with Crippen molar-refractivity contribution in [3.63, 3.8) is 0 Å². The average Bonchev–Trinajstić information content (AvgIpc) is 3.73. The zero-order valence-corrected chi connectivity index (χ0v) is 30.4. The Kier molecular flexibility index (Phi) is 15.0. The minimum Gasteiger partial charge on any atom is -0.382 e. The third-order valence-corrected chi connectivity index (χ3v) is 9.44. The summed E-state index contributed by atoms with van der Waals surface area (Å²) in [4.78, 5) is 40.1. The second-order valence-corrected chi connectivity index (χ2v) is 13.2. The molecular formula is C39H50N8O6. The maximum absolute atomic E-state index is 13.8. The summed E-state index contributed by atoms with van der Waals surface area (Å²) in [5.74, 6) is 0.101. The number of methoxy groups -OCH3 is 1. The molecule has 1 atom stereocenters. The van der Waals surface area contributed by atoms with Gasteiger partial charge in [-0.05, 0) is 109 Å². The van der Waals surface area contributed by atoms with Gasteiger partial charge < -0.3 is 35.9 Å². The summed E-state index contributed by atoms with van der Waals surface area (Å²) in [5.41, 5.74) is 11.5. The third kappa shape index (κ3) is 11.7. The lowest BCUT2D eigenvalue weighted by molar-refractivity contribution is -0.130. The standard InChI is InChI=1S/C39H50N8O6/c1-26-22-32(37(48)41-16-17-52-20-21-53-19-18-51-2)12-15-34(26)31-5-3-4-28(23-31)24-35(43-38(49)30-8-6-27(25-40)7-9-30)39(50)42-33-13-10-29(11-14-33)36-44-46-47-45-36/h3-5,10-15,22-23,27,30,35H,6-9,16-21,24-25,40H2,1-2H3,(H,41,48)(H,42,50)(H,43,49)(H,44,45,46,47)/t27?,30?,35-/m0/s1. The highest BCUT2D eigenvalue weighted by Gasteiger charge is 2.29. The molecule has 1 aliphatic rings. The fraction of sp³-hybridized carbons (Fsp3) is 0.436. The molecule has 3 amide bonds. The number of hydrogen-bond acceptors (Lipinski definition) is 10. The van der Waals surface area contributed by atoms with Gasteiger partial charge in [-0.2, -0.15) is 5.21 Å². The van der Waals surface area contributed by atoms with Gasteiger partial charge in [0.1, 0.15) is 6.04 Å². The number of H-pyrrole nitrogens is 1. The number of nitrogens with one attached hydrogen (secondary N) is 4. The number of aromatic amines is 1. The van der Waals surface area contributed by atoms with Crippen molar-refractivity contribution in [1.29, 1.82) is 0 Å². The first-order valence-corrected chi connectivity index (χ1v) is 18.1. The molecule has 1 aromatic heterocycles. The summed E-state index contributed by atoms with van der Waals surface area (Å²) in [6.07, 6.45) is 3.59. The van der Waals surface area contributed by atoms with Gasteiger partial charge in [-0.1, -0.05) is 30.3 Å². The van der Waals surface area contributed by atoms with Gasteiger partial charge in [0.05, 0.1) is 33.0 Å². The predicted molar refractivity (Wildman–Crippen MR) is 201 cm³/mol. The summed E-state index contributed by atoms with van der Waals surface area (Å²) >= 11 is 0. The maximum atomic E-state index is 13.8. The van der Waals surface area contributed by atoms with E-state index in [1.54, 1.807) is 37.4 Å². The van der Waals surface area contributed by atoms with Crippen molar-refractivity contribution in [1.82, 2.24) is 31.3 Å². The minimum absolute atomic E-state index is 0.118. The third-order valence-electron chi connectivity index (χ3n) is 9.44. The van der Waals surface area contributed by atoms with Crippen molar-refractivity contribution in [3.05, 3.63) is 83.4 Å². The molecule has 4 aromatic rings. The second kappa shape index (κ2) is 20.3. The van der Waals surface area contributed by atoms with E-state index >= 15 is 0 Å². The van der Waals surface area contributed by atoms with Gasteiger partial charge in [0.25, 0.3) is 5.91 Å². The van der Waals surface area contributed by atoms with Crippen LogP contribution in [-0.4, -0.2) is 97.6 Å². The number of benzene rings is 3. The van der Waals surface area contributed by atoms with Crippen molar-refractivity contribution in [2.45, 2.75) is 45.1 Å². The molecule has 1 fully saturated rings. The number of carbonyl (C=O) groups is 3. The molecule has 1 saturated carbocycles. The van der Waals surface area contributed by atoms with E-state index in [1.165, 1.54) is 0 Å². The molecule has 0 aliphatic heterocycles. The Morgan fingerprint density at radius 1 is 0.906 bits per heavy atom. The first kappa shape index (κ1) is 39.2. The summed E-state index contributed by atoms with van der Waals surface area (Å²) in [7, 11) is 1.62. The number of aryl methyl sites for hydroxylation is 1. The SMILES string of the molecule is COCCOCCOCCNC(=O)c1ccc(-c2cccc(C[C@H](NC(=O)C3CCC(CN)CC3)C(=O)Nc3ccc(-c4nn[nH]n4)cc3)c2)c(C)c1. The van der Waals surface area contributed by atoms with Crippen molar-refractivity contribution in [2.75, 3.05) is 58.6 Å². The molecule has 5 rings (SSSR count). The Hall–Kier alpha value is -5.02. The highest BCUT2D eigenvalue weighted by Crippen LogP contribution is 2.29. The highest BCUT2D eigenvalue weighted by molar-refractivity contribution is 5.98. The van der Waals surface area contributed by atoms with Crippen LogP contribution in [0.25, 0.3) is 22.5 Å². The highest BCUT2D eigenvalue weighted by atomic mass is 16.5. The number of amides is 3. The van der Waals surface area contributed by atoms with Crippen molar-refractivity contribution < 1.29 is 28.6 Å². The fourth-order valence-corrected chi connectivity index (χ4v) is 6.41. The molecule has 1 aliphatic carbocycles. The molecule has 0 spiro atoms. The van der Waals surface area contributed by atoms with Crippen LogP contribution in [0.2, 0.25) is 0 Å². The lowest BCUT2D eigenvalue weighted by Gasteiger charge is -2.28. The van der Waals surface area contributed by atoms with E-state index in [-0.39, 0.29) is 30.1 Å². The van der Waals surface area contributed by atoms with Crippen molar-refractivity contribution in [2.24, 2.45) is 17.6 Å². The van der Waals surface area contributed by atoms with Crippen LogP contribution in [-0.2, 0) is 30.2 Å². The lowest BCUT2D eigenvalue weighted by atomic mass is 9.81. The van der Waals surface area contributed by atoms with E-state index in [0.717, 1.165) is 53.5 Å². The molecule has 6 N–H and O–H groups in total. The minimum atomic E-state index is -0.818. The fourth-order valence-electron chi connectivity index (χ4n) is 6.41. The molecule has 14 heteroatoms. The van der Waals surface area contributed by atoms with E-state index in [0.29, 0.717) is 69.1 Å². The number of ether oxygens (including phenoxy) is 3. The molecule has 0 unspecified atom stereocenters. The average molecular weight is 727 g/mol. The zero-order chi connectivity index (χ0) is 37.4. The van der Waals surface area contributed by atoms with Crippen LogP contribution in [0.3, 0.4) is 0 Å². The molecule has 53 heavy (non-hydrogen) atoms. The van der Waals surface area contributed by atoms with Crippen LogP contribution < -0.4 is 21.7 Å². The van der Waals surface area contributed by atoms with Gasteiger partial charge in [-0.3, -0.25) is 14.4 Å². The van der Waals surface area contributed by atoms with Crippen LogP contribution in [0.5, 0.6) is 0 Å². The molecule has 0 bridgehead atoms. The number of rotatable bonds is 19. The maximum Gasteiger partial charge on any atom is 0.251 e. The Morgan fingerprint density at radius 3 is 2.36 bits per heavy atom. The predicted octanol–water partition coefficient (Wildman–Crippen LogP) is 3.68. The molecular weight excluding hydrogens is 676 g/mol. The largest absolute Gasteiger partial charge is 0.382 e. The van der Waals surface area contributed by atoms with Gasteiger partial charge in [0.2, 0.25) is 17.6 Å². The number of tetrazole rings is 1. The Labute approximate surface area is 309 Å². The number of nitrogens with zero attached hydrogens (tertiary/aromatic N) is 3. The van der Waals surface area contributed by atoms with Gasteiger partial charge in [0, 0.05) is 42.8 Å². The van der Waals surface area contributed by atoms with E-state index < -0.39 is 6.04 Å². The summed E-state index contributed by atoms with van der Waals surface area (Å²) in [5, 5.41) is 23.0. The van der Waals surface area contributed by atoms with Crippen LogP contribution in [0.15, 0.2) is 66.7 Å². The van der Waals surface area contributed by atoms with Gasteiger partial charge >= 0.3 is 0 Å². The molecule has 0 saturated heterocycles. The van der Waals surface area contributed by atoms with Crippen molar-refractivity contribution in [3.8, 4) is 22.5 Å². The Morgan fingerprint density at radius 2 is 1.66 bits per heavy atom. The Bertz CT molecular complexity index is 1760. The molecule has 3 aromatic carbocycles. The van der Waals surface area contributed by atoms with Crippen molar-refractivity contribution >= 4 is 23.4 Å². The van der Waals surface area contributed by atoms with Crippen LogP contribution >= 0.6 is 0 Å². The van der Waals surface area contributed by atoms with Gasteiger partial charge in [-0.15, -0.1) is 10.2 Å². The lowest BCUT2D eigenvalue weighted by Crippen LogP contribution is -2.48. The van der Waals surface area contributed by atoms with Gasteiger partial charge in [0.15, 0.2) is 0 Å². The second-order valence-electron chi connectivity index (χ2n) is 13.2. The normalized spacial score (nSPS) is 16.1. The number of anilines is 1. The van der Waals surface area contributed by atoms with Crippen LogP contribution in [0.4, 0.5) is 5.69 Å². The zero-order valence-electron chi connectivity index (χ0n) is 30.4. The Balaban J connectivity index is 1.23. The number of carbonyl (C=O) groups excluding carboxylic acids is 3. The van der Waals surface area contributed by atoms with E-state index in [9.17, 15) is 14.4 Å². The smallest absolute Gasteiger partial charge is 0.251 e. The van der Waals surface area contributed by atoms with Gasteiger partial charge in [-0.25, -0.2) is 0 Å². The van der Waals surface area contributed by atoms with E-state index in [4.69, 9.17) is 19.9 Å². The summed E-state index contributed by atoms with van der Waals surface area (Å²) in [6.45, 7) is 5.32. The molecule has 0 radical (unpaired) electrons. The van der Waals surface area contributed by atoms with E-state index in [1.807, 2.05) is 43.3 Å². The van der Waals surface area contributed by atoms with Crippen LogP contribution in [0.1, 0.15) is 47.2 Å². The number of hydrogen-bond donors (Lipinski definition) is 5. The topological polar surface area (TPSA) is 195 Å². The van der Waals surface area contributed by atoms with E-state index in [2.05, 4.69) is 36.6 Å². The first-order chi connectivity index (χ1) is 25.8. The summed E-state index contributed by atoms with van der Waals surface area (Å²) < 4.78 is 15.8. The summed E-state index contributed by atoms with van der Waals surface area (Å²) in [6, 6.07) is 19.8. The monoisotopic (exact) mass is 726 g/mol. The number of aromatic nitrogens is 4. The molecule has 14 nitrogen and oxygen atoms in total. The van der Waals surface area contributed by atoms with Crippen LogP contribution in [0, 0.1) is 18.8 Å². The molecule has 1 heterocycles. The molecule has 282 valence electrons. The number of nitrogens with two attached hydrogens (primary N) is 1.